The van der Waals surface area contributed by atoms with Crippen LogP contribution in [0.5, 0.6) is 0 Å². The van der Waals surface area contributed by atoms with Gasteiger partial charge in [-0.2, -0.15) is 12.7 Å². The highest BCUT2D eigenvalue weighted by Crippen LogP contribution is 2.26. The molecule has 8 heteroatoms. The fourth-order valence-corrected chi connectivity index (χ4v) is 3.96. The molecule has 2 fully saturated rings. The lowest BCUT2D eigenvalue weighted by atomic mass is 9.89. The van der Waals surface area contributed by atoms with E-state index in [1.807, 2.05) is 4.72 Å². The molecule has 2 saturated heterocycles. The predicted molar refractivity (Wildman–Crippen MR) is 69.8 cm³/mol. The third kappa shape index (κ3) is 3.58. The number of hydrogen-bond donors (Lipinski definition) is 2. The number of nitrogens with one attached hydrogen (secondary N) is 2. The van der Waals surface area contributed by atoms with Gasteiger partial charge in [-0.05, 0) is 38.1 Å². The summed E-state index contributed by atoms with van der Waals surface area (Å²) in [6.07, 6.45) is 3.10. The van der Waals surface area contributed by atoms with E-state index in [0.717, 1.165) is 26.5 Å². The van der Waals surface area contributed by atoms with Crippen molar-refractivity contribution in [2.24, 2.45) is 5.92 Å². The van der Waals surface area contributed by atoms with Crippen LogP contribution in [-0.2, 0) is 14.9 Å². The van der Waals surface area contributed by atoms with Gasteiger partial charge in [-0.3, -0.25) is 0 Å². The van der Waals surface area contributed by atoms with E-state index >= 15 is 0 Å². The second-order valence-electron chi connectivity index (χ2n) is 5.04. The first kappa shape index (κ1) is 14.5. The molecule has 0 aromatic carbocycles. The van der Waals surface area contributed by atoms with Crippen molar-refractivity contribution < 1.29 is 17.9 Å². The van der Waals surface area contributed by atoms with Gasteiger partial charge in [0.1, 0.15) is 0 Å². The minimum Gasteiger partial charge on any atom is -0.452 e. The molecule has 2 rings (SSSR count). The van der Waals surface area contributed by atoms with Crippen molar-refractivity contribution in [3.8, 4) is 0 Å². The van der Waals surface area contributed by atoms with Crippen LogP contribution in [0.1, 0.15) is 25.7 Å². The number of methoxy groups -OCH3 is 1. The van der Waals surface area contributed by atoms with E-state index < -0.39 is 16.3 Å². The van der Waals surface area contributed by atoms with Crippen LogP contribution in [-0.4, -0.2) is 51.6 Å². The van der Waals surface area contributed by atoms with Gasteiger partial charge >= 0.3 is 16.3 Å². The van der Waals surface area contributed by atoms with Crippen molar-refractivity contribution in [1.82, 2.24) is 14.3 Å². The average molecular weight is 291 g/mol. The number of piperidine rings is 1. The maximum Gasteiger partial charge on any atom is 0.421 e. The Labute approximate surface area is 113 Å². The van der Waals surface area contributed by atoms with Gasteiger partial charge in [0.25, 0.3) is 0 Å². The second kappa shape index (κ2) is 6.06. The molecule has 19 heavy (non-hydrogen) atoms. The minimum atomic E-state index is -3.75. The summed E-state index contributed by atoms with van der Waals surface area (Å²) in [5.74, 6) is 0.534. The van der Waals surface area contributed by atoms with E-state index in [9.17, 15) is 13.2 Å². The standard InChI is InChI=1S/C11H21N3O4S/c1-18-11(15)13-19(16,17)14-7-4-9(5-8-14)10-3-2-6-12-10/h9-10,12H,2-8H2,1H3,(H,13,15). The largest absolute Gasteiger partial charge is 0.452 e. The summed E-state index contributed by atoms with van der Waals surface area (Å²) in [6.45, 7) is 1.97. The molecule has 0 bridgehead atoms. The molecular formula is C11H21N3O4S. The fourth-order valence-electron chi connectivity index (χ4n) is 2.84. The fraction of sp³-hybridized carbons (Fsp3) is 0.909. The zero-order valence-electron chi connectivity index (χ0n) is 11.1. The van der Waals surface area contributed by atoms with Gasteiger partial charge in [-0.15, -0.1) is 0 Å². The second-order valence-corrected chi connectivity index (χ2v) is 6.71. The van der Waals surface area contributed by atoms with E-state index in [1.54, 1.807) is 0 Å². The molecule has 0 radical (unpaired) electrons. The predicted octanol–water partition coefficient (Wildman–Crippen LogP) is 0.0512. The number of carbonyl (C=O) groups excluding carboxylic acids is 1. The Morgan fingerprint density at radius 1 is 1.32 bits per heavy atom. The van der Waals surface area contributed by atoms with Gasteiger partial charge in [0.2, 0.25) is 0 Å². The number of carbonyl (C=O) groups is 1. The summed E-state index contributed by atoms with van der Waals surface area (Å²) in [4.78, 5) is 11.0. The lowest BCUT2D eigenvalue weighted by Crippen LogP contribution is -2.48. The van der Waals surface area contributed by atoms with Crippen molar-refractivity contribution in [3.63, 3.8) is 0 Å². The van der Waals surface area contributed by atoms with Crippen LogP contribution >= 0.6 is 0 Å². The van der Waals surface area contributed by atoms with Gasteiger partial charge in [0.15, 0.2) is 0 Å². The third-order valence-electron chi connectivity index (χ3n) is 3.90. The van der Waals surface area contributed by atoms with Gasteiger partial charge in [-0.1, -0.05) is 0 Å². The Morgan fingerprint density at radius 2 is 2.00 bits per heavy atom. The van der Waals surface area contributed by atoms with Crippen LogP contribution < -0.4 is 10.0 Å². The highest BCUT2D eigenvalue weighted by molar-refractivity contribution is 7.87. The summed E-state index contributed by atoms with van der Waals surface area (Å²) < 4.78 is 31.3. The van der Waals surface area contributed by atoms with Crippen LogP contribution in [0.3, 0.4) is 0 Å². The van der Waals surface area contributed by atoms with E-state index in [2.05, 4.69) is 10.1 Å². The molecule has 0 aromatic rings. The molecule has 1 unspecified atom stereocenters. The number of nitrogens with zero attached hydrogens (tertiary/aromatic N) is 1. The van der Waals surface area contributed by atoms with Gasteiger partial charge < -0.3 is 10.1 Å². The summed E-state index contributed by atoms with van der Waals surface area (Å²) in [7, 11) is -2.61. The van der Waals surface area contributed by atoms with E-state index in [4.69, 9.17) is 0 Å². The van der Waals surface area contributed by atoms with Gasteiger partial charge in [0.05, 0.1) is 7.11 Å². The Hall–Kier alpha value is -0.860. The maximum absolute atomic E-state index is 11.9. The number of ether oxygens (including phenoxy) is 1. The monoisotopic (exact) mass is 291 g/mol. The highest BCUT2D eigenvalue weighted by Gasteiger charge is 2.33. The third-order valence-corrected chi connectivity index (χ3v) is 5.37. The maximum atomic E-state index is 11.9. The normalized spacial score (nSPS) is 26.3. The molecule has 0 aliphatic carbocycles. The smallest absolute Gasteiger partial charge is 0.421 e. The molecule has 2 heterocycles. The number of hydrogen-bond acceptors (Lipinski definition) is 5. The Morgan fingerprint density at radius 3 is 2.53 bits per heavy atom. The quantitative estimate of drug-likeness (QED) is 0.767. The van der Waals surface area contributed by atoms with E-state index in [1.165, 1.54) is 17.1 Å². The van der Waals surface area contributed by atoms with Gasteiger partial charge in [0, 0.05) is 19.1 Å². The van der Waals surface area contributed by atoms with Crippen LogP contribution in [0.2, 0.25) is 0 Å². The highest BCUT2D eigenvalue weighted by atomic mass is 32.2. The van der Waals surface area contributed by atoms with Crippen molar-refractivity contribution >= 4 is 16.3 Å². The number of rotatable bonds is 3. The lowest BCUT2D eigenvalue weighted by Gasteiger charge is -2.33. The molecule has 0 saturated carbocycles. The molecule has 110 valence electrons. The van der Waals surface area contributed by atoms with E-state index in [0.29, 0.717) is 25.0 Å². The minimum absolute atomic E-state index is 0.454. The van der Waals surface area contributed by atoms with Crippen LogP contribution in [0, 0.1) is 5.92 Å². The Bertz CT molecular complexity index is 412. The first-order valence-electron chi connectivity index (χ1n) is 6.62. The summed E-state index contributed by atoms with van der Waals surface area (Å²) in [6, 6.07) is 0.526. The number of amides is 1. The van der Waals surface area contributed by atoms with Crippen molar-refractivity contribution in [1.29, 1.82) is 0 Å². The molecular weight excluding hydrogens is 270 g/mol. The Kier molecular flexibility index (Phi) is 4.64. The summed E-state index contributed by atoms with van der Waals surface area (Å²) in [5, 5.41) is 3.46. The van der Waals surface area contributed by atoms with Crippen molar-refractivity contribution in [2.45, 2.75) is 31.7 Å². The molecule has 2 aliphatic heterocycles. The Balaban J connectivity index is 1.86. The first-order valence-corrected chi connectivity index (χ1v) is 8.06. The van der Waals surface area contributed by atoms with Crippen molar-refractivity contribution in [2.75, 3.05) is 26.7 Å². The zero-order valence-corrected chi connectivity index (χ0v) is 11.9. The average Bonchev–Trinajstić information content (AvgIpc) is 2.92. The van der Waals surface area contributed by atoms with Crippen molar-refractivity contribution in [3.05, 3.63) is 0 Å². The van der Waals surface area contributed by atoms with Crippen LogP contribution in [0.25, 0.3) is 0 Å². The molecule has 2 aliphatic rings. The summed E-state index contributed by atoms with van der Waals surface area (Å²) >= 11 is 0. The first-order chi connectivity index (χ1) is 9.03. The van der Waals surface area contributed by atoms with Crippen LogP contribution in [0.15, 0.2) is 0 Å². The van der Waals surface area contributed by atoms with Gasteiger partial charge in [-0.25, -0.2) is 9.52 Å². The molecule has 2 N–H and O–H groups in total. The van der Waals surface area contributed by atoms with E-state index in [-0.39, 0.29) is 0 Å². The SMILES string of the molecule is COC(=O)NS(=O)(=O)N1CCC(C2CCCN2)CC1. The summed E-state index contributed by atoms with van der Waals surface area (Å²) in [5.41, 5.74) is 0. The topological polar surface area (TPSA) is 87.7 Å². The molecule has 0 spiro atoms. The molecule has 1 atom stereocenters. The molecule has 7 nitrogen and oxygen atoms in total. The molecule has 1 amide bonds. The zero-order chi connectivity index (χ0) is 13.9. The van der Waals surface area contributed by atoms with Crippen LogP contribution in [0.4, 0.5) is 4.79 Å². The molecule has 0 aromatic heterocycles. The lowest BCUT2D eigenvalue weighted by molar-refractivity contribution is 0.175.